The average molecular weight is 166 g/mol. The van der Waals surface area contributed by atoms with Gasteiger partial charge in [-0.3, -0.25) is 0 Å². The SMILES string of the molecule is N.NC(N)=O.O=[N+]([O-])O.[MgH2]. The topological polar surface area (TPSA) is 167 Å². The van der Waals surface area contributed by atoms with Crippen LogP contribution in [-0.2, 0) is 0 Å². The van der Waals surface area contributed by atoms with Gasteiger partial charge in [-0.05, 0) is 0 Å². The van der Waals surface area contributed by atoms with Crippen LogP contribution in [0.25, 0.3) is 0 Å². The summed E-state index contributed by atoms with van der Waals surface area (Å²) in [6, 6.07) is -0.833. The molecule has 0 radical (unpaired) electrons. The molecule has 0 atom stereocenters. The fourth-order valence-electron chi connectivity index (χ4n) is 0. The maximum Gasteiger partial charge on any atom is 0.316 e. The molecule has 0 aliphatic carbocycles. The van der Waals surface area contributed by atoms with Crippen molar-refractivity contribution in [1.82, 2.24) is 6.15 Å². The Kier molecular flexibility index (Phi) is 36.0. The van der Waals surface area contributed by atoms with Crippen molar-refractivity contribution in [3.8, 4) is 0 Å². The van der Waals surface area contributed by atoms with E-state index in [-0.39, 0.29) is 29.2 Å². The summed E-state index contributed by atoms with van der Waals surface area (Å²) in [5.74, 6) is 0. The minimum Gasteiger partial charge on any atom is -0.352 e. The predicted molar refractivity (Wildman–Crippen MR) is 36.1 cm³/mol. The lowest BCUT2D eigenvalue weighted by molar-refractivity contribution is -0.742. The lowest BCUT2D eigenvalue weighted by Gasteiger charge is -1.62. The number of hydrogen-bond donors (Lipinski definition) is 4. The quantitative estimate of drug-likeness (QED) is 0.184. The van der Waals surface area contributed by atoms with Crippen molar-refractivity contribution in [2.75, 3.05) is 0 Å². The number of primary amides is 2. The molecule has 2 amide bonds. The molecular formula is CH10MgN4O4. The van der Waals surface area contributed by atoms with Gasteiger partial charge in [0, 0.05) is 0 Å². The summed E-state index contributed by atoms with van der Waals surface area (Å²) in [4.78, 5) is 17.4. The van der Waals surface area contributed by atoms with Crippen molar-refractivity contribution in [1.29, 1.82) is 0 Å². The third-order valence-electron chi connectivity index (χ3n) is 0. The highest BCUT2D eigenvalue weighted by molar-refractivity contribution is 5.75. The molecule has 0 aliphatic heterocycles. The van der Waals surface area contributed by atoms with Gasteiger partial charge >= 0.3 is 29.1 Å². The Hall–Kier alpha value is -0.804. The summed E-state index contributed by atoms with van der Waals surface area (Å²) >= 11 is 0. The molecule has 10 heavy (non-hydrogen) atoms. The van der Waals surface area contributed by atoms with Gasteiger partial charge in [-0.2, -0.15) is 0 Å². The van der Waals surface area contributed by atoms with Crippen molar-refractivity contribution in [2.24, 2.45) is 11.5 Å². The summed E-state index contributed by atoms with van der Waals surface area (Å²) in [7, 11) is 0. The number of hydrogen-bond acceptors (Lipinski definition) is 4. The van der Waals surface area contributed by atoms with E-state index in [2.05, 4.69) is 11.5 Å². The van der Waals surface area contributed by atoms with Crippen LogP contribution in [-0.4, -0.2) is 39.4 Å². The number of nitrogens with two attached hydrogens (primary N) is 2. The average Bonchev–Trinajstić information content (AvgIpc) is 1.25. The number of nitrogens with zero attached hydrogens (tertiary/aromatic N) is 1. The van der Waals surface area contributed by atoms with Gasteiger partial charge in [0.15, 0.2) is 0 Å². The van der Waals surface area contributed by atoms with Crippen LogP contribution in [0.15, 0.2) is 0 Å². The van der Waals surface area contributed by atoms with E-state index in [9.17, 15) is 0 Å². The van der Waals surface area contributed by atoms with E-state index in [1.165, 1.54) is 0 Å². The van der Waals surface area contributed by atoms with E-state index in [4.69, 9.17) is 20.1 Å². The first-order valence-electron chi connectivity index (χ1n) is 1.35. The largest absolute Gasteiger partial charge is 0.352 e. The molecule has 0 aromatic rings. The number of rotatable bonds is 0. The highest BCUT2D eigenvalue weighted by Gasteiger charge is 1.65. The number of carbonyl (C=O) groups is 1. The summed E-state index contributed by atoms with van der Waals surface area (Å²) in [6.45, 7) is 0. The molecule has 9 heteroatoms. The van der Waals surface area contributed by atoms with Gasteiger partial charge in [0.05, 0.1) is 0 Å². The van der Waals surface area contributed by atoms with Crippen LogP contribution >= 0.6 is 0 Å². The highest BCUT2D eigenvalue weighted by atomic mass is 24.3. The second kappa shape index (κ2) is 15.7. The third kappa shape index (κ3) is 428. The Balaban J connectivity index is -0.0000000300. The Morgan fingerprint density at radius 2 is 1.50 bits per heavy atom. The third-order valence-corrected chi connectivity index (χ3v) is 0. The smallest absolute Gasteiger partial charge is 0.316 e. The Morgan fingerprint density at radius 3 is 1.50 bits per heavy atom. The molecule has 0 heterocycles. The molecule has 60 valence electrons. The van der Waals surface area contributed by atoms with Gasteiger partial charge < -0.3 is 22.8 Å². The van der Waals surface area contributed by atoms with E-state index < -0.39 is 11.1 Å². The number of amides is 2. The van der Waals surface area contributed by atoms with Gasteiger partial charge in [0.1, 0.15) is 0 Å². The van der Waals surface area contributed by atoms with Gasteiger partial charge in [0.2, 0.25) is 0 Å². The lowest BCUT2D eigenvalue weighted by Crippen LogP contribution is -2.18. The molecule has 0 bridgehead atoms. The molecule has 0 saturated heterocycles. The molecule has 0 aliphatic rings. The summed E-state index contributed by atoms with van der Waals surface area (Å²) in [5.41, 5.74) is 8.50. The zero-order chi connectivity index (χ0) is 7.15. The highest BCUT2D eigenvalue weighted by Crippen LogP contribution is 1.38. The monoisotopic (exact) mass is 166 g/mol. The zero-order valence-corrected chi connectivity index (χ0v) is 4.48. The molecule has 0 spiro atoms. The second-order valence-electron chi connectivity index (χ2n) is 0.640. The van der Waals surface area contributed by atoms with E-state index in [0.717, 1.165) is 0 Å². The van der Waals surface area contributed by atoms with Crippen LogP contribution in [0.1, 0.15) is 0 Å². The van der Waals surface area contributed by atoms with Crippen molar-refractivity contribution in [3.63, 3.8) is 0 Å². The molecule has 8 nitrogen and oxygen atoms in total. The van der Waals surface area contributed by atoms with E-state index in [0.29, 0.717) is 0 Å². The van der Waals surface area contributed by atoms with Crippen molar-refractivity contribution in [3.05, 3.63) is 10.1 Å². The van der Waals surface area contributed by atoms with Crippen LogP contribution in [0.4, 0.5) is 4.79 Å². The second-order valence-corrected chi connectivity index (χ2v) is 0.640. The van der Waals surface area contributed by atoms with Gasteiger partial charge in [0.25, 0.3) is 5.09 Å². The maximum absolute atomic E-state index is 9.00. The van der Waals surface area contributed by atoms with Crippen molar-refractivity contribution >= 4 is 29.1 Å². The number of urea groups is 1. The Labute approximate surface area is 72.4 Å². The molecule has 0 saturated carbocycles. The zero-order valence-electron chi connectivity index (χ0n) is 4.48. The van der Waals surface area contributed by atoms with Crippen LogP contribution in [0.5, 0.6) is 0 Å². The normalized spacial score (nSPS) is 4.80. The van der Waals surface area contributed by atoms with Gasteiger partial charge in [-0.25, -0.2) is 4.79 Å². The van der Waals surface area contributed by atoms with E-state index >= 15 is 0 Å². The first kappa shape index (κ1) is 22.9. The van der Waals surface area contributed by atoms with Crippen LogP contribution in [0, 0.1) is 10.1 Å². The molecule has 0 aromatic carbocycles. The predicted octanol–water partition coefficient (Wildman–Crippen LogP) is -2.08. The summed E-state index contributed by atoms with van der Waals surface area (Å²) in [5, 5.41) is 13.6. The minimum atomic E-state index is -1.50. The minimum absolute atomic E-state index is 0. The molecule has 0 rings (SSSR count). The van der Waals surface area contributed by atoms with Gasteiger partial charge in [-0.1, -0.05) is 0 Å². The first-order valence-corrected chi connectivity index (χ1v) is 1.35. The first-order chi connectivity index (χ1) is 3.46. The maximum atomic E-state index is 9.00. The fraction of sp³-hybridized carbons (Fsp3) is 0. The molecule has 0 fully saturated rings. The van der Waals surface area contributed by atoms with Crippen LogP contribution in [0.2, 0.25) is 0 Å². The molecule has 8 N–H and O–H groups in total. The summed E-state index contributed by atoms with van der Waals surface area (Å²) in [6.07, 6.45) is 0. The lowest BCUT2D eigenvalue weighted by atomic mass is 11.2. The van der Waals surface area contributed by atoms with E-state index in [1.807, 2.05) is 0 Å². The van der Waals surface area contributed by atoms with Gasteiger partial charge in [-0.15, -0.1) is 10.1 Å². The van der Waals surface area contributed by atoms with E-state index in [1.54, 1.807) is 0 Å². The van der Waals surface area contributed by atoms with Crippen molar-refractivity contribution < 1.29 is 15.1 Å². The standard InChI is InChI=1S/CH4N2O.Mg.HNO3.H3N.2H/c2-1(3)4;;2-1(3)4;;;/h(H4,2,3,4);;(H,2,3,4);1H3;;. The molecule has 0 unspecified atom stereocenters. The van der Waals surface area contributed by atoms with Crippen molar-refractivity contribution in [2.45, 2.75) is 0 Å². The Morgan fingerprint density at radius 1 is 1.50 bits per heavy atom. The molecular weight excluding hydrogens is 156 g/mol. The summed E-state index contributed by atoms with van der Waals surface area (Å²) < 4.78 is 0. The molecule has 0 aromatic heterocycles. The van der Waals surface area contributed by atoms with Crippen LogP contribution < -0.4 is 17.6 Å². The Bertz CT molecular complexity index is 75.3. The fourth-order valence-corrected chi connectivity index (χ4v) is 0. The van der Waals surface area contributed by atoms with Crippen LogP contribution in [0.3, 0.4) is 0 Å². The number of carbonyl (C=O) groups excluding carboxylic acids is 1.